The molecule has 0 saturated heterocycles. The van der Waals surface area contributed by atoms with Gasteiger partial charge in [-0.25, -0.2) is 8.42 Å². The number of amides is 1. The average Bonchev–Trinajstić information content (AvgIpc) is 2.48. The van der Waals surface area contributed by atoms with Crippen LogP contribution < -0.4 is 9.62 Å². The van der Waals surface area contributed by atoms with Crippen LogP contribution in [0.1, 0.15) is 6.92 Å². The molecule has 128 valence electrons. The Bertz CT molecular complexity index is 856. The van der Waals surface area contributed by atoms with Crippen LogP contribution in [-0.4, -0.2) is 26.6 Å². The third-order valence-corrected chi connectivity index (χ3v) is 5.05. The minimum Gasteiger partial charge on any atom is -0.324 e. The number of rotatable bonds is 5. The summed E-state index contributed by atoms with van der Waals surface area (Å²) >= 11 is 12.0. The lowest BCUT2D eigenvalue weighted by Crippen LogP contribution is -2.45. The molecule has 1 N–H and O–H groups in total. The maximum absolute atomic E-state index is 12.5. The quantitative estimate of drug-likeness (QED) is 0.849. The van der Waals surface area contributed by atoms with Gasteiger partial charge in [-0.2, -0.15) is 0 Å². The third-order valence-electron chi connectivity index (χ3n) is 3.27. The van der Waals surface area contributed by atoms with Crippen LogP contribution in [0.15, 0.2) is 48.5 Å². The zero-order valence-corrected chi connectivity index (χ0v) is 15.4. The highest BCUT2D eigenvalue weighted by atomic mass is 35.5. The molecule has 0 fully saturated rings. The SMILES string of the molecule is CC(C(=O)Nc1cccc(Cl)c1)N(c1ccccc1Cl)S(C)(=O)=O. The minimum absolute atomic E-state index is 0.241. The van der Waals surface area contributed by atoms with Crippen LogP contribution >= 0.6 is 23.2 Å². The molecule has 5 nitrogen and oxygen atoms in total. The molecule has 1 amide bonds. The fourth-order valence-electron chi connectivity index (χ4n) is 2.22. The number of halogens is 2. The highest BCUT2D eigenvalue weighted by Gasteiger charge is 2.30. The van der Waals surface area contributed by atoms with E-state index in [1.54, 1.807) is 48.5 Å². The third kappa shape index (κ3) is 4.41. The van der Waals surface area contributed by atoms with E-state index in [2.05, 4.69) is 5.32 Å². The molecule has 0 aliphatic heterocycles. The Balaban J connectivity index is 2.33. The molecule has 1 unspecified atom stereocenters. The lowest BCUT2D eigenvalue weighted by atomic mass is 10.2. The van der Waals surface area contributed by atoms with Crippen LogP contribution in [0, 0.1) is 0 Å². The summed E-state index contributed by atoms with van der Waals surface area (Å²) in [5.74, 6) is -0.498. The highest BCUT2D eigenvalue weighted by molar-refractivity contribution is 7.92. The maximum atomic E-state index is 12.5. The lowest BCUT2D eigenvalue weighted by Gasteiger charge is -2.28. The van der Waals surface area contributed by atoms with Gasteiger partial charge in [-0.3, -0.25) is 9.10 Å². The number of sulfonamides is 1. The van der Waals surface area contributed by atoms with E-state index in [-0.39, 0.29) is 10.7 Å². The van der Waals surface area contributed by atoms with Crippen LogP contribution in [0.5, 0.6) is 0 Å². The van der Waals surface area contributed by atoms with Gasteiger partial charge in [0.2, 0.25) is 15.9 Å². The van der Waals surface area contributed by atoms with Gasteiger partial charge in [0.15, 0.2) is 0 Å². The Kier molecular flexibility index (Phi) is 5.74. The molecule has 0 spiro atoms. The summed E-state index contributed by atoms with van der Waals surface area (Å²) in [6.07, 6.45) is 1.03. The van der Waals surface area contributed by atoms with Crippen molar-refractivity contribution in [2.24, 2.45) is 0 Å². The molecule has 24 heavy (non-hydrogen) atoms. The van der Waals surface area contributed by atoms with Gasteiger partial charge in [-0.15, -0.1) is 0 Å². The summed E-state index contributed by atoms with van der Waals surface area (Å²) < 4.78 is 25.4. The van der Waals surface area contributed by atoms with Gasteiger partial charge in [-0.1, -0.05) is 41.4 Å². The Labute approximate surface area is 151 Å². The summed E-state index contributed by atoms with van der Waals surface area (Å²) in [6.45, 7) is 1.49. The van der Waals surface area contributed by atoms with Crippen molar-refractivity contribution in [1.29, 1.82) is 0 Å². The normalized spacial score (nSPS) is 12.5. The van der Waals surface area contributed by atoms with Crippen molar-refractivity contribution in [2.45, 2.75) is 13.0 Å². The Hall–Kier alpha value is -1.76. The average molecular weight is 387 g/mol. The first kappa shape index (κ1) is 18.6. The Morgan fingerprint density at radius 3 is 2.38 bits per heavy atom. The van der Waals surface area contributed by atoms with Crippen LogP contribution in [0.3, 0.4) is 0 Å². The van der Waals surface area contributed by atoms with Crippen molar-refractivity contribution in [2.75, 3.05) is 15.9 Å². The number of carbonyl (C=O) groups excluding carboxylic acids is 1. The number of carbonyl (C=O) groups is 1. The molecule has 0 saturated carbocycles. The molecular weight excluding hydrogens is 371 g/mol. The number of para-hydroxylation sites is 1. The fourth-order valence-corrected chi connectivity index (χ4v) is 3.88. The van der Waals surface area contributed by atoms with Crippen LogP contribution in [0.4, 0.5) is 11.4 Å². The smallest absolute Gasteiger partial charge is 0.247 e. The second-order valence-corrected chi connectivity index (χ2v) is 7.89. The zero-order valence-electron chi connectivity index (χ0n) is 13.0. The van der Waals surface area contributed by atoms with Gasteiger partial charge < -0.3 is 5.32 Å². The van der Waals surface area contributed by atoms with Gasteiger partial charge in [0.05, 0.1) is 17.0 Å². The molecule has 0 heterocycles. The van der Waals surface area contributed by atoms with Crippen molar-refractivity contribution >= 4 is 50.5 Å². The van der Waals surface area contributed by atoms with Gasteiger partial charge in [0.25, 0.3) is 0 Å². The van der Waals surface area contributed by atoms with Crippen molar-refractivity contribution in [3.05, 3.63) is 58.6 Å². The van der Waals surface area contributed by atoms with E-state index < -0.39 is 22.0 Å². The van der Waals surface area contributed by atoms with Crippen molar-refractivity contribution < 1.29 is 13.2 Å². The van der Waals surface area contributed by atoms with Crippen LogP contribution in [0.25, 0.3) is 0 Å². The largest absolute Gasteiger partial charge is 0.324 e. The Morgan fingerprint density at radius 2 is 1.79 bits per heavy atom. The molecule has 1 atom stereocenters. The van der Waals surface area contributed by atoms with E-state index >= 15 is 0 Å². The standard InChI is InChI=1S/C16H16Cl2N2O3S/c1-11(16(21)19-13-7-5-6-12(17)10-13)20(24(2,22)23)15-9-4-3-8-14(15)18/h3-11H,1-2H3,(H,19,21). The predicted octanol–water partition coefficient (Wildman–Crippen LogP) is 3.79. The van der Waals surface area contributed by atoms with Gasteiger partial charge in [0, 0.05) is 10.7 Å². The number of hydrogen-bond donors (Lipinski definition) is 1. The van der Waals surface area contributed by atoms with Crippen LogP contribution in [0.2, 0.25) is 10.0 Å². The molecule has 0 aliphatic rings. The van der Waals surface area contributed by atoms with Gasteiger partial charge in [-0.05, 0) is 37.3 Å². The topological polar surface area (TPSA) is 66.5 Å². The summed E-state index contributed by atoms with van der Waals surface area (Å²) in [4.78, 5) is 12.5. The zero-order chi connectivity index (χ0) is 17.9. The molecule has 0 radical (unpaired) electrons. The number of anilines is 2. The van der Waals surface area contributed by atoms with Gasteiger partial charge >= 0.3 is 0 Å². The molecular formula is C16H16Cl2N2O3S. The molecule has 0 bridgehead atoms. The first-order valence-corrected chi connectivity index (χ1v) is 9.61. The van der Waals surface area contributed by atoms with Crippen LogP contribution in [-0.2, 0) is 14.8 Å². The van der Waals surface area contributed by atoms with Crippen molar-refractivity contribution in [3.63, 3.8) is 0 Å². The van der Waals surface area contributed by atoms with E-state index in [0.717, 1.165) is 10.6 Å². The highest BCUT2D eigenvalue weighted by Crippen LogP contribution is 2.29. The summed E-state index contributed by atoms with van der Waals surface area (Å²) in [5, 5.41) is 3.36. The van der Waals surface area contributed by atoms with Gasteiger partial charge in [0.1, 0.15) is 6.04 Å². The molecule has 8 heteroatoms. The van der Waals surface area contributed by atoms with E-state index in [4.69, 9.17) is 23.2 Å². The predicted molar refractivity (Wildman–Crippen MR) is 98.3 cm³/mol. The second-order valence-electron chi connectivity index (χ2n) is 5.19. The first-order chi connectivity index (χ1) is 11.2. The molecule has 0 aliphatic carbocycles. The number of nitrogens with zero attached hydrogens (tertiary/aromatic N) is 1. The monoisotopic (exact) mass is 386 g/mol. The second kappa shape index (κ2) is 7.42. The fraction of sp³-hybridized carbons (Fsp3) is 0.188. The number of benzene rings is 2. The van der Waals surface area contributed by atoms with E-state index in [1.807, 2.05) is 0 Å². The van der Waals surface area contributed by atoms with E-state index in [1.165, 1.54) is 6.92 Å². The summed E-state index contributed by atoms with van der Waals surface area (Å²) in [5.41, 5.74) is 0.724. The van der Waals surface area contributed by atoms with Crippen molar-refractivity contribution in [1.82, 2.24) is 0 Å². The number of hydrogen-bond acceptors (Lipinski definition) is 3. The van der Waals surface area contributed by atoms with E-state index in [0.29, 0.717) is 10.7 Å². The molecule has 2 aromatic carbocycles. The summed E-state index contributed by atoms with van der Waals surface area (Å²) in [6, 6.07) is 12.0. The Morgan fingerprint density at radius 1 is 1.12 bits per heavy atom. The summed E-state index contributed by atoms with van der Waals surface area (Å²) in [7, 11) is -3.72. The lowest BCUT2D eigenvalue weighted by molar-refractivity contribution is -0.116. The maximum Gasteiger partial charge on any atom is 0.247 e. The van der Waals surface area contributed by atoms with E-state index in [9.17, 15) is 13.2 Å². The first-order valence-electron chi connectivity index (χ1n) is 7.00. The molecule has 0 aromatic heterocycles. The molecule has 2 aromatic rings. The molecule has 2 rings (SSSR count). The minimum atomic E-state index is -3.72. The van der Waals surface area contributed by atoms with Crippen molar-refractivity contribution in [3.8, 4) is 0 Å². The number of nitrogens with one attached hydrogen (secondary N) is 1.